The summed E-state index contributed by atoms with van der Waals surface area (Å²) in [5.74, 6) is -2.06. The Balaban J connectivity index is 1.46. The van der Waals surface area contributed by atoms with Gasteiger partial charge in [0, 0.05) is 18.0 Å². The fraction of sp³-hybridized carbons (Fsp3) is 0.435. The van der Waals surface area contributed by atoms with E-state index in [1.54, 1.807) is 0 Å². The number of sulfonamides is 1. The van der Waals surface area contributed by atoms with Crippen LogP contribution in [0.4, 0.5) is 5.00 Å². The van der Waals surface area contributed by atoms with Gasteiger partial charge in [0.05, 0.1) is 31.5 Å². The van der Waals surface area contributed by atoms with Crippen LogP contribution in [-0.2, 0) is 37.1 Å². The number of hydrogen-bond acceptors (Lipinski definition) is 9. The SMILES string of the molecule is COc1ccc(C(=O)OCC(=O)Nc2sc3c(c2C(N)=O)CCCC3)cc1S(=O)(=O)N1CCOCC1. The van der Waals surface area contributed by atoms with Crippen molar-refractivity contribution in [2.75, 3.05) is 45.3 Å². The van der Waals surface area contributed by atoms with Crippen LogP contribution in [0.25, 0.3) is 0 Å². The molecule has 1 fully saturated rings. The number of nitrogens with two attached hydrogens (primary N) is 1. The smallest absolute Gasteiger partial charge is 0.338 e. The Labute approximate surface area is 212 Å². The number of amides is 2. The van der Waals surface area contributed by atoms with E-state index in [4.69, 9.17) is 19.9 Å². The molecule has 0 unspecified atom stereocenters. The van der Waals surface area contributed by atoms with Gasteiger partial charge in [-0.1, -0.05) is 0 Å². The first-order valence-corrected chi connectivity index (χ1v) is 13.6. The minimum Gasteiger partial charge on any atom is -0.495 e. The Hall–Kier alpha value is -3.00. The lowest BCUT2D eigenvalue weighted by atomic mass is 9.95. The van der Waals surface area contributed by atoms with E-state index in [9.17, 15) is 22.8 Å². The monoisotopic (exact) mass is 537 g/mol. The molecule has 0 bridgehead atoms. The first kappa shape index (κ1) is 26.1. The zero-order valence-electron chi connectivity index (χ0n) is 19.7. The number of primary amides is 1. The number of esters is 1. The van der Waals surface area contributed by atoms with E-state index in [0.29, 0.717) is 10.6 Å². The number of nitrogens with one attached hydrogen (secondary N) is 1. The van der Waals surface area contributed by atoms with Gasteiger partial charge in [0.15, 0.2) is 6.61 Å². The maximum Gasteiger partial charge on any atom is 0.338 e. The van der Waals surface area contributed by atoms with Crippen LogP contribution in [0.15, 0.2) is 23.1 Å². The summed E-state index contributed by atoms with van der Waals surface area (Å²) in [5, 5.41) is 2.97. The zero-order valence-corrected chi connectivity index (χ0v) is 21.3. The Morgan fingerprint density at radius 1 is 1.17 bits per heavy atom. The number of aryl methyl sites for hydroxylation is 1. The largest absolute Gasteiger partial charge is 0.495 e. The second kappa shape index (κ2) is 10.9. The van der Waals surface area contributed by atoms with Crippen molar-refractivity contribution in [3.8, 4) is 5.75 Å². The third-order valence-corrected chi connectivity index (χ3v) is 9.12. The van der Waals surface area contributed by atoms with Crippen molar-refractivity contribution in [3.05, 3.63) is 39.8 Å². The maximum absolute atomic E-state index is 13.1. The Morgan fingerprint density at radius 2 is 1.89 bits per heavy atom. The van der Waals surface area contributed by atoms with Gasteiger partial charge in [0.1, 0.15) is 15.6 Å². The molecule has 3 N–H and O–H groups in total. The summed E-state index contributed by atoms with van der Waals surface area (Å²) in [5.41, 5.74) is 6.67. The molecular formula is C23H27N3O8S2. The third kappa shape index (κ3) is 5.38. The highest BCUT2D eigenvalue weighted by atomic mass is 32.2. The number of carbonyl (C=O) groups excluding carboxylic acids is 3. The molecule has 1 aliphatic carbocycles. The van der Waals surface area contributed by atoms with Crippen LogP contribution in [0.1, 0.15) is 44.0 Å². The number of benzene rings is 1. The van der Waals surface area contributed by atoms with Gasteiger partial charge in [-0.15, -0.1) is 11.3 Å². The average molecular weight is 538 g/mol. The lowest BCUT2D eigenvalue weighted by molar-refractivity contribution is -0.119. The van der Waals surface area contributed by atoms with Crippen LogP contribution in [0, 0.1) is 0 Å². The molecule has 1 saturated heterocycles. The third-order valence-electron chi connectivity index (χ3n) is 5.99. The number of carbonyl (C=O) groups is 3. The lowest BCUT2D eigenvalue weighted by Crippen LogP contribution is -2.40. The van der Waals surface area contributed by atoms with E-state index in [1.165, 1.54) is 41.0 Å². The summed E-state index contributed by atoms with van der Waals surface area (Å²) in [6.45, 7) is 0.267. The van der Waals surface area contributed by atoms with Gasteiger partial charge in [-0.3, -0.25) is 9.59 Å². The van der Waals surface area contributed by atoms with Crippen LogP contribution in [-0.4, -0.2) is 70.5 Å². The maximum atomic E-state index is 13.1. The molecule has 1 aliphatic heterocycles. The molecule has 194 valence electrons. The summed E-state index contributed by atoms with van der Waals surface area (Å²) in [6, 6.07) is 3.89. The summed E-state index contributed by atoms with van der Waals surface area (Å²) >= 11 is 1.30. The zero-order chi connectivity index (χ0) is 25.9. The van der Waals surface area contributed by atoms with Gasteiger partial charge in [-0.05, 0) is 49.4 Å². The first-order valence-electron chi connectivity index (χ1n) is 11.4. The van der Waals surface area contributed by atoms with Crippen molar-refractivity contribution >= 4 is 44.1 Å². The minimum absolute atomic E-state index is 0.0557. The molecule has 0 saturated carbocycles. The minimum atomic E-state index is -3.95. The number of thiophene rings is 1. The Kier molecular flexibility index (Phi) is 7.93. The number of fused-ring (bicyclic) bond motifs is 1. The molecule has 2 aliphatic rings. The summed E-state index contributed by atoms with van der Waals surface area (Å²) < 4.78 is 43.0. The second-order valence-corrected chi connectivity index (χ2v) is 11.3. The number of methoxy groups -OCH3 is 1. The molecule has 1 aromatic heterocycles. The Bertz CT molecular complexity index is 1280. The van der Waals surface area contributed by atoms with Crippen molar-refractivity contribution in [1.82, 2.24) is 4.31 Å². The van der Waals surface area contributed by atoms with Gasteiger partial charge in [-0.2, -0.15) is 4.31 Å². The van der Waals surface area contributed by atoms with Crippen LogP contribution in [0.2, 0.25) is 0 Å². The molecular weight excluding hydrogens is 510 g/mol. The highest BCUT2D eigenvalue weighted by molar-refractivity contribution is 7.89. The molecule has 2 amide bonds. The van der Waals surface area contributed by atoms with E-state index in [2.05, 4.69) is 5.32 Å². The molecule has 11 nitrogen and oxygen atoms in total. The molecule has 2 aromatic rings. The number of hydrogen-bond donors (Lipinski definition) is 2. The number of morpholine rings is 1. The van der Waals surface area contributed by atoms with E-state index in [-0.39, 0.29) is 42.5 Å². The molecule has 4 rings (SSSR count). The number of anilines is 1. The van der Waals surface area contributed by atoms with Crippen LogP contribution >= 0.6 is 11.3 Å². The predicted molar refractivity (Wildman–Crippen MR) is 131 cm³/mol. The van der Waals surface area contributed by atoms with Crippen molar-refractivity contribution in [2.24, 2.45) is 5.73 Å². The van der Waals surface area contributed by atoms with Crippen LogP contribution < -0.4 is 15.8 Å². The van der Waals surface area contributed by atoms with Crippen LogP contribution in [0.3, 0.4) is 0 Å². The quantitative estimate of drug-likeness (QED) is 0.481. The normalized spacial score (nSPS) is 16.1. The van der Waals surface area contributed by atoms with Gasteiger partial charge in [0.2, 0.25) is 10.0 Å². The van der Waals surface area contributed by atoms with Gasteiger partial charge in [-0.25, -0.2) is 13.2 Å². The fourth-order valence-corrected chi connectivity index (χ4v) is 7.12. The highest BCUT2D eigenvalue weighted by Crippen LogP contribution is 2.38. The molecule has 0 spiro atoms. The number of rotatable bonds is 8. The summed E-state index contributed by atoms with van der Waals surface area (Å²) in [7, 11) is -2.62. The van der Waals surface area contributed by atoms with Crippen molar-refractivity contribution in [3.63, 3.8) is 0 Å². The fourth-order valence-electron chi connectivity index (χ4n) is 4.22. The summed E-state index contributed by atoms with van der Waals surface area (Å²) in [4.78, 5) is 38.0. The lowest BCUT2D eigenvalue weighted by Gasteiger charge is -2.26. The van der Waals surface area contributed by atoms with Gasteiger partial charge < -0.3 is 25.3 Å². The molecule has 13 heteroatoms. The second-order valence-electron chi connectivity index (χ2n) is 8.29. The molecule has 0 atom stereocenters. The van der Waals surface area contributed by atoms with E-state index < -0.39 is 34.4 Å². The number of ether oxygens (including phenoxy) is 3. The molecule has 1 aromatic carbocycles. The Morgan fingerprint density at radius 3 is 2.58 bits per heavy atom. The van der Waals surface area contributed by atoms with Crippen LogP contribution in [0.5, 0.6) is 5.75 Å². The summed E-state index contributed by atoms with van der Waals surface area (Å²) in [6.07, 6.45) is 3.49. The highest BCUT2D eigenvalue weighted by Gasteiger charge is 2.30. The number of nitrogens with zero attached hydrogens (tertiary/aromatic N) is 1. The molecule has 0 radical (unpaired) electrons. The van der Waals surface area contributed by atoms with E-state index in [1.807, 2.05) is 0 Å². The molecule has 36 heavy (non-hydrogen) atoms. The van der Waals surface area contributed by atoms with E-state index >= 15 is 0 Å². The molecule has 2 heterocycles. The first-order chi connectivity index (χ1) is 17.2. The topological polar surface area (TPSA) is 154 Å². The standard InChI is InChI=1S/C23H27N3O8S2/c1-32-16-7-6-14(12-18(16)36(30,31)26-8-10-33-11-9-26)23(29)34-13-19(27)25-22-20(21(24)28)15-4-2-3-5-17(15)35-22/h6-7,12H,2-5,8-11,13H2,1H3,(H2,24,28)(H,25,27). The van der Waals surface area contributed by atoms with Gasteiger partial charge >= 0.3 is 5.97 Å². The van der Waals surface area contributed by atoms with Crippen molar-refractivity contribution < 1.29 is 37.0 Å². The average Bonchev–Trinajstić information content (AvgIpc) is 3.25. The van der Waals surface area contributed by atoms with Gasteiger partial charge in [0.25, 0.3) is 11.8 Å². The van der Waals surface area contributed by atoms with E-state index in [0.717, 1.165) is 36.1 Å². The predicted octanol–water partition coefficient (Wildman–Crippen LogP) is 1.55. The van der Waals surface area contributed by atoms with Crippen molar-refractivity contribution in [2.45, 2.75) is 30.6 Å². The van der Waals surface area contributed by atoms with Crippen molar-refractivity contribution in [1.29, 1.82) is 0 Å².